The van der Waals surface area contributed by atoms with Crippen molar-refractivity contribution in [3.8, 4) is 16.9 Å². The topological polar surface area (TPSA) is 87.7 Å². The molecule has 2 N–H and O–H groups in total. The molecule has 0 unspecified atom stereocenters. The highest BCUT2D eigenvalue weighted by molar-refractivity contribution is 7.91. The zero-order valence-electron chi connectivity index (χ0n) is 21.7. The van der Waals surface area contributed by atoms with Gasteiger partial charge in [0.25, 0.3) is 15.9 Å². The molecule has 0 spiro atoms. The number of nitrogens with zero attached hydrogens (tertiary/aromatic N) is 1. The Labute approximate surface area is 233 Å². The van der Waals surface area contributed by atoms with Crippen LogP contribution in [0.4, 0.5) is 5.69 Å². The molecule has 4 aromatic rings. The van der Waals surface area contributed by atoms with Crippen LogP contribution in [0.15, 0.2) is 95.2 Å². The zero-order chi connectivity index (χ0) is 27.2. The number of carbonyl (C=O) groups is 1. The van der Waals surface area contributed by atoms with E-state index in [-0.39, 0.29) is 18.5 Å². The number of anilines is 1. The summed E-state index contributed by atoms with van der Waals surface area (Å²) in [5, 5.41) is 6.44. The summed E-state index contributed by atoms with van der Waals surface area (Å²) >= 11 is 1.20. The quantitative estimate of drug-likeness (QED) is 0.277. The van der Waals surface area contributed by atoms with E-state index in [0.717, 1.165) is 34.5 Å². The number of piperidine rings is 1. The third kappa shape index (κ3) is 6.50. The summed E-state index contributed by atoms with van der Waals surface area (Å²) in [5.41, 5.74) is 3.84. The van der Waals surface area contributed by atoms with E-state index in [2.05, 4.69) is 41.0 Å². The lowest BCUT2D eigenvalue weighted by molar-refractivity contribution is 0.0951. The van der Waals surface area contributed by atoms with Crippen LogP contribution in [-0.4, -0.2) is 44.9 Å². The maximum Gasteiger partial charge on any atom is 0.252 e. The Hall–Kier alpha value is -3.66. The molecule has 0 saturated carbocycles. The van der Waals surface area contributed by atoms with Crippen LogP contribution < -0.4 is 15.4 Å². The molecule has 7 nitrogen and oxygen atoms in total. The number of methoxy groups -OCH3 is 1. The Morgan fingerprint density at radius 3 is 2.44 bits per heavy atom. The minimum Gasteiger partial charge on any atom is -0.497 e. The molecule has 0 aliphatic carbocycles. The number of carbonyl (C=O) groups excluding carboxylic acids is 1. The van der Waals surface area contributed by atoms with Gasteiger partial charge in [-0.3, -0.25) is 4.79 Å². The van der Waals surface area contributed by atoms with Crippen LogP contribution in [0.5, 0.6) is 5.75 Å². The lowest BCUT2D eigenvalue weighted by atomic mass is 10.0. The molecule has 1 aliphatic heterocycles. The molecule has 9 heteroatoms. The highest BCUT2D eigenvalue weighted by atomic mass is 32.2. The van der Waals surface area contributed by atoms with E-state index in [0.29, 0.717) is 28.6 Å². The van der Waals surface area contributed by atoms with Gasteiger partial charge in [-0.25, -0.2) is 8.42 Å². The molecule has 1 amide bonds. The van der Waals surface area contributed by atoms with Crippen molar-refractivity contribution in [3.63, 3.8) is 0 Å². The molecule has 2 heterocycles. The number of rotatable bonds is 9. The van der Waals surface area contributed by atoms with Crippen LogP contribution in [-0.2, 0) is 16.6 Å². The second-order valence-electron chi connectivity index (χ2n) is 9.40. The first-order valence-electron chi connectivity index (χ1n) is 12.9. The first kappa shape index (κ1) is 26.9. The molecule has 3 aromatic carbocycles. The molecule has 1 aliphatic rings. The summed E-state index contributed by atoms with van der Waals surface area (Å²) in [6, 6.07) is 29.1. The molecule has 0 radical (unpaired) electrons. The fourth-order valence-electron chi connectivity index (χ4n) is 4.65. The summed E-state index contributed by atoms with van der Waals surface area (Å²) in [6.07, 6.45) is 1.45. The molecule has 1 fully saturated rings. The SMILES string of the molecule is COc1cccc(C(=O)NCc2ccc(S(=O)(=O)N3CCC(Nc4cccc(-c5ccccc5)c4)CC3)s2)c1. The van der Waals surface area contributed by atoms with Gasteiger partial charge in [0.05, 0.1) is 13.7 Å². The zero-order valence-corrected chi connectivity index (χ0v) is 23.3. The van der Waals surface area contributed by atoms with Crippen molar-refractivity contribution in [2.45, 2.75) is 29.6 Å². The third-order valence-electron chi connectivity index (χ3n) is 6.78. The normalized spacial score (nSPS) is 14.6. The first-order chi connectivity index (χ1) is 18.9. The number of benzene rings is 3. The highest BCUT2D eigenvalue weighted by Crippen LogP contribution is 2.29. The summed E-state index contributed by atoms with van der Waals surface area (Å²) in [7, 11) is -2.03. The van der Waals surface area contributed by atoms with Crippen LogP contribution in [0.2, 0.25) is 0 Å². The lowest BCUT2D eigenvalue weighted by Crippen LogP contribution is -2.42. The van der Waals surface area contributed by atoms with E-state index in [9.17, 15) is 13.2 Å². The molecule has 1 aromatic heterocycles. The maximum atomic E-state index is 13.3. The number of hydrogen-bond donors (Lipinski definition) is 2. The predicted molar refractivity (Wildman–Crippen MR) is 156 cm³/mol. The Bertz CT molecular complexity index is 1530. The monoisotopic (exact) mass is 561 g/mol. The summed E-state index contributed by atoms with van der Waals surface area (Å²) in [5.74, 6) is 0.363. The van der Waals surface area contributed by atoms with E-state index in [4.69, 9.17) is 4.74 Å². The molecule has 5 rings (SSSR count). The molecular formula is C30H31N3O4S2. The molecular weight excluding hydrogens is 530 g/mol. The van der Waals surface area contributed by atoms with Gasteiger partial charge < -0.3 is 15.4 Å². The fourth-order valence-corrected chi connectivity index (χ4v) is 7.57. The highest BCUT2D eigenvalue weighted by Gasteiger charge is 2.30. The van der Waals surface area contributed by atoms with Crippen LogP contribution in [0.1, 0.15) is 28.1 Å². The van der Waals surface area contributed by atoms with Crippen molar-refractivity contribution in [1.82, 2.24) is 9.62 Å². The molecule has 0 atom stereocenters. The van der Waals surface area contributed by atoms with E-state index >= 15 is 0 Å². The van der Waals surface area contributed by atoms with Crippen molar-refractivity contribution in [2.24, 2.45) is 0 Å². The average molecular weight is 562 g/mol. The standard InChI is InChI=1S/C30H31N3O4S2/c1-37-27-12-6-10-24(20-27)30(34)31-21-28-13-14-29(38-28)39(35,36)33-17-15-25(16-18-33)32-26-11-5-9-23(19-26)22-7-3-2-4-8-22/h2-14,19-20,25,32H,15-18,21H2,1H3,(H,31,34). The largest absolute Gasteiger partial charge is 0.497 e. The molecule has 39 heavy (non-hydrogen) atoms. The second-order valence-corrected chi connectivity index (χ2v) is 12.7. The van der Waals surface area contributed by atoms with Crippen LogP contribution in [0.3, 0.4) is 0 Å². The smallest absolute Gasteiger partial charge is 0.252 e. The van der Waals surface area contributed by atoms with Gasteiger partial charge in [-0.05, 0) is 66.4 Å². The van der Waals surface area contributed by atoms with Gasteiger partial charge in [0.15, 0.2) is 0 Å². The van der Waals surface area contributed by atoms with E-state index < -0.39 is 10.0 Å². The van der Waals surface area contributed by atoms with E-state index in [1.54, 1.807) is 47.8 Å². The number of ether oxygens (including phenoxy) is 1. The molecule has 1 saturated heterocycles. The van der Waals surface area contributed by atoms with Gasteiger partial charge in [0.2, 0.25) is 0 Å². The van der Waals surface area contributed by atoms with Crippen molar-refractivity contribution in [1.29, 1.82) is 0 Å². The van der Waals surface area contributed by atoms with Gasteiger partial charge in [-0.1, -0.05) is 48.5 Å². The van der Waals surface area contributed by atoms with Crippen LogP contribution in [0, 0.1) is 0 Å². The molecule has 202 valence electrons. The van der Waals surface area contributed by atoms with Gasteiger partial charge >= 0.3 is 0 Å². The Morgan fingerprint density at radius 1 is 0.923 bits per heavy atom. The average Bonchev–Trinajstić information content (AvgIpc) is 3.47. The minimum atomic E-state index is -3.59. The van der Waals surface area contributed by atoms with Crippen LogP contribution in [0.25, 0.3) is 11.1 Å². The number of thiophene rings is 1. The van der Waals surface area contributed by atoms with Gasteiger partial charge in [-0.15, -0.1) is 11.3 Å². The van der Waals surface area contributed by atoms with Gasteiger partial charge in [-0.2, -0.15) is 4.31 Å². The lowest BCUT2D eigenvalue weighted by Gasteiger charge is -2.31. The minimum absolute atomic E-state index is 0.202. The van der Waals surface area contributed by atoms with E-state index in [1.165, 1.54) is 11.3 Å². The fraction of sp³-hybridized carbons (Fsp3) is 0.233. The Balaban J connectivity index is 1.15. The van der Waals surface area contributed by atoms with Crippen LogP contribution >= 0.6 is 11.3 Å². The predicted octanol–water partition coefficient (Wildman–Crippen LogP) is 5.62. The first-order valence-corrected chi connectivity index (χ1v) is 15.1. The summed E-state index contributed by atoms with van der Waals surface area (Å²) in [4.78, 5) is 13.3. The third-order valence-corrected chi connectivity index (χ3v) is 10.2. The van der Waals surface area contributed by atoms with E-state index in [1.807, 2.05) is 24.3 Å². The van der Waals surface area contributed by atoms with Crippen molar-refractivity contribution in [3.05, 3.63) is 101 Å². The maximum absolute atomic E-state index is 13.3. The van der Waals surface area contributed by atoms with Crippen molar-refractivity contribution < 1.29 is 17.9 Å². The Kier molecular flexibility index (Phi) is 8.30. The Morgan fingerprint density at radius 2 is 1.67 bits per heavy atom. The van der Waals surface area contributed by atoms with Gasteiger partial charge in [0, 0.05) is 35.3 Å². The second kappa shape index (κ2) is 12.0. The number of nitrogens with one attached hydrogen (secondary N) is 2. The summed E-state index contributed by atoms with van der Waals surface area (Å²) < 4.78 is 33.7. The number of sulfonamides is 1. The number of amides is 1. The van der Waals surface area contributed by atoms with Crippen molar-refractivity contribution in [2.75, 3.05) is 25.5 Å². The summed E-state index contributed by atoms with van der Waals surface area (Å²) in [6.45, 7) is 1.17. The molecule has 0 bridgehead atoms. The number of hydrogen-bond acceptors (Lipinski definition) is 6. The van der Waals surface area contributed by atoms with Gasteiger partial charge in [0.1, 0.15) is 9.96 Å². The van der Waals surface area contributed by atoms with Crippen molar-refractivity contribution >= 4 is 33.0 Å².